The van der Waals surface area contributed by atoms with Crippen LogP contribution in [0.2, 0.25) is 0 Å². The van der Waals surface area contributed by atoms with Crippen molar-refractivity contribution in [2.45, 2.75) is 12.5 Å². The maximum Gasteiger partial charge on any atom is 0.350 e. The average Bonchev–Trinajstić information content (AvgIpc) is 2.71. The Morgan fingerprint density at radius 1 is 1.16 bits per heavy atom. The summed E-state index contributed by atoms with van der Waals surface area (Å²) in [4.78, 5) is 16.5. The number of aromatic hydroxyl groups is 2. The molecule has 0 saturated heterocycles. The molecule has 1 aromatic heterocycles. The van der Waals surface area contributed by atoms with Crippen molar-refractivity contribution in [3.8, 4) is 11.8 Å². The Bertz CT molecular complexity index is 546. The van der Waals surface area contributed by atoms with Crippen LogP contribution in [0.1, 0.15) is 5.56 Å². The first-order chi connectivity index (χ1) is 9.08. The lowest BCUT2D eigenvalue weighted by Gasteiger charge is -2.12. The predicted octanol–water partition coefficient (Wildman–Crippen LogP) is 0.424. The summed E-state index contributed by atoms with van der Waals surface area (Å²) in [5, 5.41) is 18.7. The van der Waals surface area contributed by atoms with Crippen molar-refractivity contribution in [2.75, 3.05) is 0 Å². The van der Waals surface area contributed by atoms with Gasteiger partial charge in [0.1, 0.15) is 6.04 Å². The molecule has 2 aromatic rings. The Labute approximate surface area is 109 Å². The summed E-state index contributed by atoms with van der Waals surface area (Å²) in [5.41, 5.74) is 6.61. The van der Waals surface area contributed by atoms with Crippen molar-refractivity contribution >= 4 is 5.97 Å². The van der Waals surface area contributed by atoms with E-state index in [2.05, 4.69) is 0 Å². The van der Waals surface area contributed by atoms with E-state index in [-0.39, 0.29) is 11.8 Å². The van der Waals surface area contributed by atoms with E-state index in [1.54, 1.807) is 0 Å². The standard InChI is InChI=1S/C13H14N2O4/c14-10(8-9-4-2-1-3-5-9)13(18)19-15-11(16)6-7-12(15)17/h1-7,10,16-17H,8,14H2/t10-/m0/s1. The van der Waals surface area contributed by atoms with Gasteiger partial charge in [-0.2, -0.15) is 0 Å². The summed E-state index contributed by atoms with van der Waals surface area (Å²) >= 11 is 0. The van der Waals surface area contributed by atoms with Crippen LogP contribution >= 0.6 is 0 Å². The summed E-state index contributed by atoms with van der Waals surface area (Å²) in [7, 11) is 0. The summed E-state index contributed by atoms with van der Waals surface area (Å²) in [6.07, 6.45) is 0.308. The van der Waals surface area contributed by atoms with Gasteiger partial charge < -0.3 is 20.8 Å². The molecule has 0 spiro atoms. The zero-order valence-electron chi connectivity index (χ0n) is 10.1. The van der Waals surface area contributed by atoms with Gasteiger partial charge in [-0.1, -0.05) is 30.3 Å². The third kappa shape index (κ3) is 3.05. The van der Waals surface area contributed by atoms with Crippen LogP contribution in [0.4, 0.5) is 0 Å². The first kappa shape index (κ1) is 13.0. The molecule has 0 bridgehead atoms. The summed E-state index contributed by atoms with van der Waals surface area (Å²) in [5.74, 6) is -1.50. The number of benzene rings is 1. The van der Waals surface area contributed by atoms with Crippen molar-refractivity contribution in [2.24, 2.45) is 5.73 Å². The second kappa shape index (κ2) is 5.45. The number of carbonyl (C=O) groups excluding carboxylic acids is 1. The molecule has 1 aromatic carbocycles. The summed E-state index contributed by atoms with van der Waals surface area (Å²) in [6, 6.07) is 10.8. The smallest absolute Gasteiger partial charge is 0.350 e. The minimum absolute atomic E-state index is 0.308. The Morgan fingerprint density at radius 3 is 2.32 bits per heavy atom. The first-order valence-corrected chi connectivity index (χ1v) is 5.69. The van der Waals surface area contributed by atoms with Crippen LogP contribution in [0.25, 0.3) is 0 Å². The van der Waals surface area contributed by atoms with E-state index in [0.29, 0.717) is 11.2 Å². The van der Waals surface area contributed by atoms with Crippen molar-refractivity contribution < 1.29 is 19.8 Å². The molecule has 100 valence electrons. The molecule has 0 amide bonds. The van der Waals surface area contributed by atoms with Gasteiger partial charge >= 0.3 is 5.97 Å². The van der Waals surface area contributed by atoms with Gasteiger partial charge in [-0.25, -0.2) is 4.79 Å². The van der Waals surface area contributed by atoms with E-state index in [4.69, 9.17) is 10.6 Å². The fraction of sp³-hybridized carbons (Fsp3) is 0.154. The van der Waals surface area contributed by atoms with E-state index in [1.807, 2.05) is 30.3 Å². The van der Waals surface area contributed by atoms with Crippen LogP contribution in [0, 0.1) is 0 Å². The number of nitrogens with zero attached hydrogens (tertiary/aromatic N) is 1. The zero-order chi connectivity index (χ0) is 13.8. The molecule has 0 aliphatic rings. The number of carbonyl (C=O) groups is 1. The monoisotopic (exact) mass is 262 g/mol. The van der Waals surface area contributed by atoms with Gasteiger partial charge in [0.2, 0.25) is 11.8 Å². The molecule has 1 heterocycles. The quantitative estimate of drug-likeness (QED) is 0.742. The van der Waals surface area contributed by atoms with Crippen LogP contribution in [0.15, 0.2) is 42.5 Å². The first-order valence-electron chi connectivity index (χ1n) is 5.69. The topological polar surface area (TPSA) is 97.7 Å². The number of rotatable bonds is 4. The van der Waals surface area contributed by atoms with Gasteiger partial charge in [0.15, 0.2) is 0 Å². The Kier molecular flexibility index (Phi) is 3.72. The van der Waals surface area contributed by atoms with Crippen LogP contribution in [0.3, 0.4) is 0 Å². The molecule has 0 fully saturated rings. The highest BCUT2D eigenvalue weighted by molar-refractivity contribution is 5.76. The van der Waals surface area contributed by atoms with Crippen molar-refractivity contribution in [3.63, 3.8) is 0 Å². The van der Waals surface area contributed by atoms with Crippen molar-refractivity contribution in [1.82, 2.24) is 4.73 Å². The maximum atomic E-state index is 11.7. The summed E-state index contributed by atoms with van der Waals surface area (Å²) < 4.78 is 0.618. The van der Waals surface area contributed by atoms with Gasteiger partial charge in [-0.05, 0) is 12.0 Å². The SMILES string of the molecule is N[C@@H](Cc1ccccc1)C(=O)On1c(O)ccc1O. The molecular formula is C13H14N2O4. The molecule has 1 atom stereocenters. The lowest BCUT2D eigenvalue weighted by atomic mass is 10.1. The van der Waals surface area contributed by atoms with Crippen LogP contribution in [-0.4, -0.2) is 27.0 Å². The average molecular weight is 262 g/mol. The minimum Gasteiger partial charge on any atom is -0.492 e. The van der Waals surface area contributed by atoms with Gasteiger partial charge in [-0.15, -0.1) is 4.73 Å². The molecule has 0 radical (unpaired) electrons. The Balaban J connectivity index is 2.00. The molecule has 6 heteroatoms. The van der Waals surface area contributed by atoms with Crippen molar-refractivity contribution in [1.29, 1.82) is 0 Å². The largest absolute Gasteiger partial charge is 0.492 e. The van der Waals surface area contributed by atoms with E-state index >= 15 is 0 Å². The highest BCUT2D eigenvalue weighted by atomic mass is 16.7. The Morgan fingerprint density at radius 2 is 1.74 bits per heavy atom. The molecule has 4 N–H and O–H groups in total. The highest BCUT2D eigenvalue weighted by Crippen LogP contribution is 2.18. The lowest BCUT2D eigenvalue weighted by Crippen LogP contribution is -2.39. The van der Waals surface area contributed by atoms with Gasteiger partial charge in [0.25, 0.3) is 0 Å². The fourth-order valence-corrected chi connectivity index (χ4v) is 1.60. The van der Waals surface area contributed by atoms with Gasteiger partial charge in [0.05, 0.1) is 0 Å². The molecule has 19 heavy (non-hydrogen) atoms. The summed E-state index contributed by atoms with van der Waals surface area (Å²) in [6.45, 7) is 0. The van der Waals surface area contributed by atoms with Gasteiger partial charge in [0, 0.05) is 12.1 Å². The van der Waals surface area contributed by atoms with Gasteiger partial charge in [-0.3, -0.25) is 0 Å². The van der Waals surface area contributed by atoms with E-state index < -0.39 is 12.0 Å². The molecule has 6 nitrogen and oxygen atoms in total. The van der Waals surface area contributed by atoms with E-state index in [0.717, 1.165) is 5.56 Å². The molecule has 0 aliphatic carbocycles. The number of aromatic nitrogens is 1. The zero-order valence-corrected chi connectivity index (χ0v) is 10.1. The second-order valence-corrected chi connectivity index (χ2v) is 4.05. The molecular weight excluding hydrogens is 248 g/mol. The number of nitrogens with two attached hydrogens (primary N) is 1. The minimum atomic E-state index is -0.886. The van der Waals surface area contributed by atoms with E-state index in [1.165, 1.54) is 12.1 Å². The Hall–Kier alpha value is -2.47. The third-order valence-electron chi connectivity index (χ3n) is 2.58. The molecule has 0 unspecified atom stereocenters. The molecule has 0 aliphatic heterocycles. The van der Waals surface area contributed by atoms with Crippen LogP contribution in [-0.2, 0) is 11.2 Å². The maximum absolute atomic E-state index is 11.7. The highest BCUT2D eigenvalue weighted by Gasteiger charge is 2.19. The molecule has 0 saturated carbocycles. The fourth-order valence-electron chi connectivity index (χ4n) is 1.60. The number of hydrogen-bond acceptors (Lipinski definition) is 5. The van der Waals surface area contributed by atoms with Crippen LogP contribution in [0.5, 0.6) is 11.8 Å². The van der Waals surface area contributed by atoms with Crippen LogP contribution < -0.4 is 10.6 Å². The normalized spacial score (nSPS) is 12.1. The molecule has 2 rings (SSSR count). The van der Waals surface area contributed by atoms with E-state index in [9.17, 15) is 15.0 Å². The second-order valence-electron chi connectivity index (χ2n) is 4.05. The number of hydrogen-bond donors (Lipinski definition) is 3. The third-order valence-corrected chi connectivity index (χ3v) is 2.58. The predicted molar refractivity (Wildman–Crippen MR) is 67.5 cm³/mol. The van der Waals surface area contributed by atoms with Crippen molar-refractivity contribution in [3.05, 3.63) is 48.0 Å². The lowest BCUT2D eigenvalue weighted by molar-refractivity contribution is -0.147.